The summed E-state index contributed by atoms with van der Waals surface area (Å²) in [4.78, 5) is 171. The summed E-state index contributed by atoms with van der Waals surface area (Å²) in [6.45, 7) is 32.7. The highest BCUT2D eigenvalue weighted by atomic mass is 16.5. The fourth-order valence-electron chi connectivity index (χ4n) is 12.7. The number of fused-ring (bicyclic) bond motifs is 2. The molecule has 0 aromatic rings. The highest BCUT2D eigenvalue weighted by molar-refractivity contribution is 5.99. The molecule has 2 bridgehead atoms. The Morgan fingerprint density at radius 3 is 1.66 bits per heavy atom. The van der Waals surface area contributed by atoms with Crippen LogP contribution in [-0.2, 0) is 57.5 Å². The molecule has 0 spiro atoms. The van der Waals surface area contributed by atoms with E-state index >= 15 is 19.2 Å². The largest absolute Gasteiger partial charge is 0.388 e. The van der Waals surface area contributed by atoms with Crippen LogP contribution in [0.3, 0.4) is 0 Å². The van der Waals surface area contributed by atoms with E-state index in [-0.39, 0.29) is 81.3 Å². The van der Waals surface area contributed by atoms with Gasteiger partial charge in [-0.05, 0) is 107 Å². The van der Waals surface area contributed by atoms with Crippen LogP contribution in [0, 0.1) is 35.5 Å². The lowest BCUT2D eigenvalue weighted by Gasteiger charge is -2.43. The number of likely N-dealkylation sites (N-methyl/N-ethyl adjacent to an activating group) is 7. The van der Waals surface area contributed by atoms with E-state index in [4.69, 9.17) is 10.5 Å². The van der Waals surface area contributed by atoms with Gasteiger partial charge in [-0.15, -0.1) is 0 Å². The number of hydrogen-bond donors (Lipinski definition) is 7. The average molecular weight is 1400 g/mol. The third-order valence-electron chi connectivity index (χ3n) is 18.5. The number of nitrogens with two attached hydrogens (primary N) is 1. The predicted molar refractivity (Wildman–Crippen MR) is 382 cm³/mol. The van der Waals surface area contributed by atoms with Gasteiger partial charge in [0, 0.05) is 60.9 Å². The van der Waals surface area contributed by atoms with Gasteiger partial charge in [0.25, 0.3) is 0 Å². The van der Waals surface area contributed by atoms with Gasteiger partial charge in [-0.3, -0.25) is 57.6 Å². The van der Waals surface area contributed by atoms with Crippen LogP contribution < -0.4 is 27.0 Å². The lowest BCUT2D eigenvalue weighted by molar-refractivity contribution is -0.157. The number of nitrogens with one attached hydrogen (secondary N) is 4. The predicted octanol–water partition coefficient (Wildman–Crippen LogP) is 2.65. The van der Waals surface area contributed by atoms with Crippen molar-refractivity contribution >= 4 is 65.0 Å². The van der Waals surface area contributed by atoms with Crippen molar-refractivity contribution in [2.45, 2.75) is 228 Å². The second-order valence-electron chi connectivity index (χ2n) is 29.3. The maximum absolute atomic E-state index is 15.5. The molecule has 0 aromatic carbocycles. The highest BCUT2D eigenvalue weighted by Crippen LogP contribution is 2.33. The molecule has 0 radical (unpaired) electrons. The van der Waals surface area contributed by atoms with Crippen molar-refractivity contribution in [2.75, 3.05) is 82.2 Å². The van der Waals surface area contributed by atoms with E-state index in [1.54, 1.807) is 72.9 Å². The zero-order chi connectivity index (χ0) is 75.9. The zero-order valence-corrected chi connectivity index (χ0v) is 63.8. The fraction of sp³-hybridized carbons (Fsp3) is 0.736. The van der Waals surface area contributed by atoms with Gasteiger partial charge in [0.05, 0.1) is 37.9 Å². The number of allylic oxidation sites excluding steroid dienone is 5. The second kappa shape index (κ2) is 41.0. The molecule has 2 aliphatic rings. The molecule has 5 unspecified atom stereocenters. The molecule has 99 heavy (non-hydrogen) atoms. The topological polar surface area (TPSA) is 338 Å². The molecule has 2 heterocycles. The van der Waals surface area contributed by atoms with Crippen molar-refractivity contribution in [1.29, 1.82) is 0 Å². The van der Waals surface area contributed by atoms with E-state index in [1.165, 1.54) is 91.6 Å². The van der Waals surface area contributed by atoms with E-state index in [9.17, 15) is 43.8 Å². The molecule has 2 saturated heterocycles. The summed E-state index contributed by atoms with van der Waals surface area (Å²) >= 11 is 0. The van der Waals surface area contributed by atoms with E-state index in [2.05, 4.69) is 27.8 Å². The highest BCUT2D eigenvalue weighted by Gasteiger charge is 2.55. The van der Waals surface area contributed by atoms with Gasteiger partial charge in [-0.25, -0.2) is 0 Å². The first kappa shape index (κ1) is 88.0. The smallest absolute Gasteiger partial charge is 0.249 e. The number of carbonyl (C=O) groups is 11. The lowest BCUT2D eigenvalue weighted by atomic mass is 9.95. The number of carbonyl (C=O) groups excluding carboxylic acids is 11. The first-order valence-electron chi connectivity index (χ1n) is 35.2. The minimum Gasteiger partial charge on any atom is -0.388 e. The summed E-state index contributed by atoms with van der Waals surface area (Å²) in [5, 5.41) is 36.3. The van der Waals surface area contributed by atoms with Crippen molar-refractivity contribution in [3.63, 3.8) is 0 Å². The number of amides is 11. The molecule has 11 amide bonds. The van der Waals surface area contributed by atoms with Crippen molar-refractivity contribution < 1.29 is 67.7 Å². The van der Waals surface area contributed by atoms with Crippen LogP contribution in [0.1, 0.15) is 149 Å². The van der Waals surface area contributed by atoms with E-state index in [0.29, 0.717) is 24.3 Å². The van der Waals surface area contributed by atoms with E-state index in [1.807, 2.05) is 55.4 Å². The van der Waals surface area contributed by atoms with Crippen LogP contribution in [-0.4, -0.2) is 275 Å². The Hall–Kier alpha value is -7.07. The van der Waals surface area contributed by atoms with Gasteiger partial charge >= 0.3 is 0 Å². The molecule has 2 fully saturated rings. The third-order valence-corrected chi connectivity index (χ3v) is 18.5. The van der Waals surface area contributed by atoms with Crippen molar-refractivity contribution in [2.24, 2.45) is 41.2 Å². The first-order valence-corrected chi connectivity index (χ1v) is 35.2. The van der Waals surface area contributed by atoms with E-state index < -0.39 is 156 Å². The Morgan fingerprint density at radius 1 is 0.606 bits per heavy atom. The van der Waals surface area contributed by atoms with Gasteiger partial charge in [0.1, 0.15) is 60.7 Å². The maximum atomic E-state index is 15.5. The number of aliphatic hydroxyl groups is 2. The molecule has 27 nitrogen and oxygen atoms in total. The van der Waals surface area contributed by atoms with Gasteiger partial charge in [0.2, 0.25) is 65.0 Å². The SMILES string of the molecule is C=CC(/C=C/CC1[C@@H](O)[C@H]2C(=O)N1[C@@H](CC)C(=O)N(C)CC(=O)N(C)C(CC(C)C)C(=O)N[C@@H](C(C)C)C(=O)N(C)[C@@H](CC(C)C)C(=O)NC(C)C(=O)N[C@H](C)C(=O)N(C)C(CC(C)C)[C@H](O)N(C)C(CC(C)C)C(=O)N(C)[C@@H](C(C)C)C(=O)N2C)=C\C=C(/C)C(=O)NCCOCCN. The normalized spacial score (nSPS) is 27.4. The summed E-state index contributed by atoms with van der Waals surface area (Å²) in [5.41, 5.74) is 6.40. The Kier molecular flexibility index (Phi) is 36.4. The maximum Gasteiger partial charge on any atom is 0.249 e. The summed E-state index contributed by atoms with van der Waals surface area (Å²) < 4.78 is 5.35. The number of hydrogen-bond acceptors (Lipinski definition) is 16. The minimum absolute atomic E-state index is 0.0337. The average Bonchev–Trinajstić information content (AvgIpc) is 1.63. The van der Waals surface area contributed by atoms with Gasteiger partial charge < -0.3 is 76.3 Å². The van der Waals surface area contributed by atoms with E-state index in [0.717, 1.165) is 9.80 Å². The van der Waals surface area contributed by atoms with Crippen molar-refractivity contribution in [1.82, 2.24) is 60.5 Å². The molecule has 0 saturated carbocycles. The molecule has 2 aliphatic heterocycles. The molecule has 13 atom stereocenters. The summed E-state index contributed by atoms with van der Waals surface area (Å²) in [6, 6.07) is -13.5. The standard InChI is InChI=1S/C72H125N13O14/c1-25-50(31-30-47(15)62(88)74-33-35-99-34-32-73)28-27-29-52-61(87)60-72(98)85(52)51(26-2)67(93)78(18)40-57(86)79(19)53(36-41(3)4)65(91)77-58(45(11)12)70(96)80(20)54(37-42(5)6)64(90)75-48(16)63(89)76-49(17)66(92)81(21)55(38-43(7)8)68(94)82(22)56(39-44(9)10)69(95)83(23)59(46(13)14)71(97)84(60)24/h25,27-28,30-31,41-46,48-49,51-56,58-61,68,87,94H,1,26,29,32-40,73H2,2-24H3,(H,74,88)(H,75,90)(H,76,89)(H,77,91)/b28-27+,47-30+,50-31+/t48?,49-,51+,52?,53?,54+,55?,56?,58+,59+,60+,61-,68+/m1/s1. The van der Waals surface area contributed by atoms with Gasteiger partial charge in [-0.2, -0.15) is 0 Å². The van der Waals surface area contributed by atoms with Crippen LogP contribution in [0.4, 0.5) is 0 Å². The Bertz CT molecular complexity index is 2860. The zero-order valence-electron chi connectivity index (χ0n) is 63.8. The summed E-state index contributed by atoms with van der Waals surface area (Å²) in [7, 11) is 10.1. The second-order valence-corrected chi connectivity index (χ2v) is 29.3. The molecule has 0 aliphatic carbocycles. The van der Waals surface area contributed by atoms with Gasteiger partial charge in [-0.1, -0.05) is 127 Å². The Morgan fingerprint density at radius 2 is 1.14 bits per heavy atom. The molecular weight excluding hydrogens is 1270 g/mol. The molecule has 0 aromatic heterocycles. The van der Waals surface area contributed by atoms with Crippen molar-refractivity contribution in [3.8, 4) is 0 Å². The summed E-state index contributed by atoms with van der Waals surface area (Å²) in [6.07, 6.45) is 5.51. The first-order chi connectivity index (χ1) is 46.1. The molecule has 8 N–H and O–H groups in total. The number of ether oxygens (including phenoxy) is 1. The molecular formula is C72H125N13O14. The molecule has 562 valence electrons. The fourth-order valence-corrected chi connectivity index (χ4v) is 12.7. The third kappa shape index (κ3) is 24.6. The van der Waals surface area contributed by atoms with Crippen LogP contribution in [0.15, 0.2) is 48.1 Å². The number of nitrogens with zero attached hydrogens (tertiary/aromatic N) is 8. The quantitative estimate of drug-likeness (QED) is 0.0465. The van der Waals surface area contributed by atoms with Gasteiger partial charge in [0.15, 0.2) is 0 Å². The van der Waals surface area contributed by atoms with Crippen molar-refractivity contribution in [3.05, 3.63) is 48.1 Å². The van der Waals surface area contributed by atoms with Crippen LogP contribution in [0.25, 0.3) is 0 Å². The van der Waals surface area contributed by atoms with Crippen LogP contribution in [0.5, 0.6) is 0 Å². The number of rotatable bonds is 22. The monoisotopic (exact) mass is 1400 g/mol. The Balaban J connectivity index is 3.06. The molecule has 2 rings (SSSR count). The van der Waals surface area contributed by atoms with Crippen LogP contribution >= 0.6 is 0 Å². The lowest BCUT2D eigenvalue weighted by Crippen LogP contribution is -2.62. The Labute approximate surface area is 590 Å². The number of aliphatic hydroxyl groups excluding tert-OH is 2. The van der Waals surface area contributed by atoms with Crippen LogP contribution in [0.2, 0.25) is 0 Å². The summed E-state index contributed by atoms with van der Waals surface area (Å²) in [5.74, 6) is -8.86. The molecule has 27 heteroatoms. The minimum atomic E-state index is -1.66.